The zero-order chi connectivity index (χ0) is 15.1. The van der Waals surface area contributed by atoms with E-state index in [2.05, 4.69) is 0 Å². The molecule has 0 amide bonds. The molecular weight excluding hydrogens is 512 g/mol. The number of fused-ring (bicyclic) bond motifs is 2. The lowest BCUT2D eigenvalue weighted by atomic mass is 10.3. The Labute approximate surface area is 142 Å². The summed E-state index contributed by atoms with van der Waals surface area (Å²) in [5.41, 5.74) is -0.478. The fourth-order valence-electron chi connectivity index (χ4n) is 1.70. The van der Waals surface area contributed by atoms with Crippen LogP contribution in [0.4, 0.5) is 8.78 Å². The highest BCUT2D eigenvalue weighted by Crippen LogP contribution is 2.30. The standard InChI is InChI=1S/C13H4F2I2O4/c14-7-9(16)8(15)11-12(10(7)17)21-13(18)20-6-4-2-1-3-5(6)19-11/h1-4H. The van der Waals surface area contributed by atoms with Gasteiger partial charge in [0.15, 0.2) is 28.4 Å². The van der Waals surface area contributed by atoms with Crippen LogP contribution in [0.2, 0.25) is 0 Å². The molecule has 4 nitrogen and oxygen atoms in total. The number of hydrogen-bond acceptors (Lipinski definition) is 4. The second-order valence-corrected chi connectivity index (χ2v) is 6.07. The maximum Gasteiger partial charge on any atom is 0.519 e. The van der Waals surface area contributed by atoms with Gasteiger partial charge in [-0.05, 0) is 57.3 Å². The topological polar surface area (TPSA) is 56.5 Å². The Morgan fingerprint density at radius 3 is 2.10 bits per heavy atom. The van der Waals surface area contributed by atoms with Gasteiger partial charge in [-0.2, -0.15) is 0 Å². The van der Waals surface area contributed by atoms with Crippen molar-refractivity contribution in [1.82, 2.24) is 0 Å². The second kappa shape index (κ2) is 5.55. The Bertz CT molecular complexity index is 970. The van der Waals surface area contributed by atoms with E-state index in [-0.39, 0.29) is 29.5 Å². The van der Waals surface area contributed by atoms with Gasteiger partial charge in [-0.3, -0.25) is 0 Å². The molecule has 0 saturated heterocycles. The van der Waals surface area contributed by atoms with E-state index in [1.54, 1.807) is 34.7 Å². The van der Waals surface area contributed by atoms with Gasteiger partial charge in [-0.25, -0.2) is 13.6 Å². The molecule has 0 unspecified atom stereocenters. The van der Waals surface area contributed by atoms with Gasteiger partial charge in [-0.1, -0.05) is 12.1 Å². The van der Waals surface area contributed by atoms with E-state index in [1.807, 2.05) is 0 Å². The molecule has 3 aromatic rings. The summed E-state index contributed by atoms with van der Waals surface area (Å²) in [6.07, 6.45) is 0. The van der Waals surface area contributed by atoms with Crippen molar-refractivity contribution >= 4 is 67.5 Å². The molecular formula is C13H4F2I2O4. The van der Waals surface area contributed by atoms with Gasteiger partial charge in [0.05, 0.1) is 7.14 Å². The highest BCUT2D eigenvalue weighted by molar-refractivity contribution is 14.1. The van der Waals surface area contributed by atoms with E-state index < -0.39 is 17.5 Å². The summed E-state index contributed by atoms with van der Waals surface area (Å²) in [6, 6.07) is 6.22. The monoisotopic (exact) mass is 516 g/mol. The van der Waals surface area contributed by atoms with Crippen molar-refractivity contribution in [3.8, 4) is 0 Å². The van der Waals surface area contributed by atoms with E-state index in [0.717, 1.165) is 0 Å². The molecule has 0 radical (unpaired) electrons. The smallest absolute Gasteiger partial charge is 0.446 e. The van der Waals surface area contributed by atoms with Crippen LogP contribution in [0.5, 0.6) is 0 Å². The van der Waals surface area contributed by atoms with Gasteiger partial charge in [0.1, 0.15) is 0 Å². The maximum absolute atomic E-state index is 14.3. The van der Waals surface area contributed by atoms with Gasteiger partial charge in [-0.15, -0.1) is 0 Å². The van der Waals surface area contributed by atoms with Crippen molar-refractivity contribution in [2.24, 2.45) is 0 Å². The third-order valence-corrected chi connectivity index (χ3v) is 4.53. The number of para-hydroxylation sites is 2. The molecule has 0 aliphatic carbocycles. The minimum absolute atomic E-state index is 0.0651. The van der Waals surface area contributed by atoms with Gasteiger partial charge in [0.2, 0.25) is 5.58 Å². The molecule has 3 rings (SSSR count). The molecule has 1 heterocycles. The van der Waals surface area contributed by atoms with Crippen molar-refractivity contribution < 1.29 is 22.0 Å². The number of hydrogen-bond donors (Lipinski definition) is 0. The van der Waals surface area contributed by atoms with Gasteiger partial charge >= 0.3 is 5.82 Å². The lowest BCUT2D eigenvalue weighted by molar-refractivity contribution is 0.364. The van der Waals surface area contributed by atoms with Crippen LogP contribution in [0.1, 0.15) is 0 Å². The molecule has 0 spiro atoms. The summed E-state index contributed by atoms with van der Waals surface area (Å²) in [7, 11) is 0. The Hall–Kier alpha value is -1.17. The summed E-state index contributed by atoms with van der Waals surface area (Å²) in [4.78, 5) is 11.7. The second-order valence-electron chi connectivity index (χ2n) is 3.92. The van der Waals surface area contributed by atoms with Gasteiger partial charge in [0.25, 0.3) is 0 Å². The first-order valence-electron chi connectivity index (χ1n) is 5.51. The highest BCUT2D eigenvalue weighted by Gasteiger charge is 2.20. The van der Waals surface area contributed by atoms with Crippen LogP contribution >= 0.6 is 45.2 Å². The maximum atomic E-state index is 14.3. The van der Waals surface area contributed by atoms with E-state index in [0.29, 0.717) is 0 Å². The van der Waals surface area contributed by atoms with Crippen molar-refractivity contribution in [2.45, 2.75) is 0 Å². The minimum Gasteiger partial charge on any atom is -0.446 e. The van der Waals surface area contributed by atoms with Crippen molar-refractivity contribution in [3.05, 3.63) is 53.7 Å². The van der Waals surface area contributed by atoms with Crippen LogP contribution in [0.3, 0.4) is 0 Å². The molecule has 0 atom stereocenters. The van der Waals surface area contributed by atoms with Crippen LogP contribution in [0, 0.1) is 18.8 Å². The third-order valence-electron chi connectivity index (χ3n) is 2.62. The van der Waals surface area contributed by atoms with Crippen molar-refractivity contribution in [1.29, 1.82) is 0 Å². The van der Waals surface area contributed by atoms with E-state index in [1.165, 1.54) is 34.7 Å². The largest absolute Gasteiger partial charge is 0.519 e. The number of benzene rings is 2. The zero-order valence-corrected chi connectivity index (χ0v) is 14.3. The van der Waals surface area contributed by atoms with Crippen LogP contribution in [0.15, 0.2) is 42.3 Å². The third kappa shape index (κ3) is 2.54. The fourth-order valence-corrected chi connectivity index (χ4v) is 3.35. The van der Waals surface area contributed by atoms with E-state index >= 15 is 0 Å². The summed E-state index contributed by atoms with van der Waals surface area (Å²) < 4.78 is 43.0. The molecule has 21 heavy (non-hydrogen) atoms. The molecule has 0 aliphatic rings. The molecule has 2 aromatic carbocycles. The summed E-state index contributed by atoms with van der Waals surface area (Å²) in [5.74, 6) is -2.85. The molecule has 0 aliphatic heterocycles. The van der Waals surface area contributed by atoms with E-state index in [9.17, 15) is 13.6 Å². The van der Waals surface area contributed by atoms with Crippen LogP contribution in [0.25, 0.3) is 22.3 Å². The Kier molecular flexibility index (Phi) is 3.90. The number of halogens is 4. The molecule has 0 saturated carbocycles. The Morgan fingerprint density at radius 2 is 1.43 bits per heavy atom. The van der Waals surface area contributed by atoms with Crippen LogP contribution in [-0.2, 0) is 0 Å². The normalized spacial score (nSPS) is 11.0. The quantitative estimate of drug-likeness (QED) is 0.246. The first-order chi connectivity index (χ1) is 9.99. The first-order valence-corrected chi connectivity index (χ1v) is 7.67. The van der Waals surface area contributed by atoms with Crippen molar-refractivity contribution in [3.63, 3.8) is 0 Å². The SMILES string of the molecule is O=c1oc2ccccc2oc2c(F)c(I)c(F)c(I)c2o1. The van der Waals surface area contributed by atoms with Crippen LogP contribution in [-0.4, -0.2) is 0 Å². The lowest BCUT2D eigenvalue weighted by Gasteiger charge is -2.03. The molecule has 0 N–H and O–H groups in total. The lowest BCUT2D eigenvalue weighted by Crippen LogP contribution is -1.99. The molecule has 0 bridgehead atoms. The average molecular weight is 516 g/mol. The molecule has 0 fully saturated rings. The van der Waals surface area contributed by atoms with Crippen LogP contribution < -0.4 is 5.82 Å². The van der Waals surface area contributed by atoms with E-state index in [4.69, 9.17) is 13.3 Å². The summed E-state index contributed by atoms with van der Waals surface area (Å²) in [6.45, 7) is 0. The Balaban J connectivity index is 2.68. The Morgan fingerprint density at radius 1 is 0.810 bits per heavy atom. The zero-order valence-electron chi connectivity index (χ0n) is 9.95. The first kappa shape index (κ1) is 14.8. The average Bonchev–Trinajstić information content (AvgIpc) is 2.46. The van der Waals surface area contributed by atoms with Gasteiger partial charge in [0, 0.05) is 0 Å². The van der Waals surface area contributed by atoms with Gasteiger partial charge < -0.3 is 13.3 Å². The predicted molar refractivity (Wildman–Crippen MR) is 87.5 cm³/mol. The molecule has 8 heteroatoms. The predicted octanol–water partition coefficient (Wildman–Crippen LogP) is 4.74. The summed E-state index contributed by atoms with van der Waals surface area (Å²) >= 11 is 3.13. The minimum atomic E-state index is -1.09. The molecule has 1 aromatic heterocycles. The molecule has 108 valence electrons. The summed E-state index contributed by atoms with van der Waals surface area (Å²) in [5, 5.41) is 0. The van der Waals surface area contributed by atoms with Crippen molar-refractivity contribution in [2.75, 3.05) is 0 Å². The number of rotatable bonds is 0. The fraction of sp³-hybridized carbons (Fsp3) is 0. The highest BCUT2D eigenvalue weighted by atomic mass is 127.